The van der Waals surface area contributed by atoms with Gasteiger partial charge in [-0.3, -0.25) is 4.79 Å². The summed E-state index contributed by atoms with van der Waals surface area (Å²) in [6.45, 7) is 6.58. The zero-order valence-electron chi connectivity index (χ0n) is 9.32. The van der Waals surface area contributed by atoms with Crippen LogP contribution >= 0.6 is 0 Å². The SMILES string of the molecule is CC(=O)N(C#N)C#N.CC(C)(CN)CN. The summed E-state index contributed by atoms with van der Waals surface area (Å²) < 4.78 is 0. The van der Waals surface area contributed by atoms with E-state index in [9.17, 15) is 4.79 Å². The second-order valence-electron chi connectivity index (χ2n) is 3.63. The third-order valence-corrected chi connectivity index (χ3v) is 1.62. The zero-order chi connectivity index (χ0) is 12.5. The van der Waals surface area contributed by atoms with Crippen molar-refractivity contribution in [1.82, 2.24) is 4.90 Å². The second-order valence-corrected chi connectivity index (χ2v) is 3.63. The Bertz CT molecular complexity index is 253. The molecular weight excluding hydrogens is 194 g/mol. The zero-order valence-corrected chi connectivity index (χ0v) is 9.32. The molecule has 0 heterocycles. The average molecular weight is 211 g/mol. The third-order valence-electron chi connectivity index (χ3n) is 1.62. The van der Waals surface area contributed by atoms with Crippen molar-refractivity contribution in [3.8, 4) is 12.4 Å². The van der Waals surface area contributed by atoms with Gasteiger partial charge in [0.15, 0.2) is 0 Å². The van der Waals surface area contributed by atoms with Crippen molar-refractivity contribution in [2.24, 2.45) is 16.9 Å². The summed E-state index contributed by atoms with van der Waals surface area (Å²) in [5, 5.41) is 15.9. The summed E-state index contributed by atoms with van der Waals surface area (Å²) in [5.74, 6) is -0.560. The summed E-state index contributed by atoms with van der Waals surface area (Å²) in [6, 6.07) is 0. The van der Waals surface area contributed by atoms with E-state index in [0.29, 0.717) is 18.0 Å². The number of rotatable bonds is 2. The summed E-state index contributed by atoms with van der Waals surface area (Å²) in [4.78, 5) is 10.5. The molecule has 0 radical (unpaired) electrons. The number of nitriles is 2. The van der Waals surface area contributed by atoms with Crippen LogP contribution in [-0.4, -0.2) is 23.9 Å². The fourth-order valence-electron chi connectivity index (χ4n) is 0.247. The van der Waals surface area contributed by atoms with E-state index in [1.807, 2.05) is 13.8 Å². The van der Waals surface area contributed by atoms with Crippen molar-refractivity contribution in [2.75, 3.05) is 13.1 Å². The average Bonchev–Trinajstić information content (AvgIpc) is 2.20. The highest BCUT2D eigenvalue weighted by Crippen LogP contribution is 2.07. The van der Waals surface area contributed by atoms with Gasteiger partial charge in [0, 0.05) is 6.92 Å². The molecule has 0 rings (SSSR count). The lowest BCUT2D eigenvalue weighted by Crippen LogP contribution is -2.31. The molecule has 0 spiro atoms. The van der Waals surface area contributed by atoms with Gasteiger partial charge in [0.2, 0.25) is 18.3 Å². The van der Waals surface area contributed by atoms with Gasteiger partial charge in [-0.05, 0) is 18.5 Å². The monoisotopic (exact) mass is 211 g/mol. The fourth-order valence-corrected chi connectivity index (χ4v) is 0.247. The molecule has 0 saturated carbocycles. The molecule has 0 fully saturated rings. The molecule has 84 valence electrons. The minimum Gasteiger partial charge on any atom is -0.330 e. The molecule has 0 aromatic rings. The summed E-state index contributed by atoms with van der Waals surface area (Å²) in [5.41, 5.74) is 10.8. The maximum atomic E-state index is 10.1. The Labute approximate surface area is 90.1 Å². The molecule has 0 aliphatic heterocycles. The lowest BCUT2D eigenvalue weighted by molar-refractivity contribution is -0.123. The molecule has 6 heteroatoms. The van der Waals surface area contributed by atoms with Crippen LogP contribution in [0.5, 0.6) is 0 Å². The van der Waals surface area contributed by atoms with Gasteiger partial charge in [-0.2, -0.15) is 10.5 Å². The van der Waals surface area contributed by atoms with Gasteiger partial charge in [-0.15, -0.1) is 4.90 Å². The van der Waals surface area contributed by atoms with Crippen LogP contribution in [0.1, 0.15) is 20.8 Å². The van der Waals surface area contributed by atoms with E-state index in [1.165, 1.54) is 12.4 Å². The van der Waals surface area contributed by atoms with Crippen LogP contribution < -0.4 is 11.5 Å². The summed E-state index contributed by atoms with van der Waals surface area (Å²) >= 11 is 0. The molecule has 1 amide bonds. The lowest BCUT2D eigenvalue weighted by atomic mass is 9.95. The van der Waals surface area contributed by atoms with Crippen LogP contribution in [0.2, 0.25) is 0 Å². The normalized spacial score (nSPS) is 9.00. The Kier molecular flexibility index (Phi) is 8.17. The number of nitrogens with zero attached hydrogens (tertiary/aromatic N) is 3. The van der Waals surface area contributed by atoms with Crippen LogP contribution in [0.3, 0.4) is 0 Å². The molecule has 0 aliphatic carbocycles. The van der Waals surface area contributed by atoms with Crippen molar-refractivity contribution in [1.29, 1.82) is 10.5 Å². The van der Waals surface area contributed by atoms with Gasteiger partial charge >= 0.3 is 0 Å². The van der Waals surface area contributed by atoms with Gasteiger partial charge in [-0.25, -0.2) is 0 Å². The second kappa shape index (κ2) is 7.74. The van der Waals surface area contributed by atoms with Crippen molar-refractivity contribution in [2.45, 2.75) is 20.8 Å². The number of carbonyl (C=O) groups excluding carboxylic acids is 1. The summed E-state index contributed by atoms with van der Waals surface area (Å²) in [6.07, 6.45) is 2.75. The van der Waals surface area contributed by atoms with E-state index < -0.39 is 5.91 Å². The van der Waals surface area contributed by atoms with Crippen LogP contribution in [0.4, 0.5) is 0 Å². The predicted molar refractivity (Wildman–Crippen MR) is 55.6 cm³/mol. The van der Waals surface area contributed by atoms with Crippen molar-refractivity contribution < 1.29 is 4.79 Å². The first-order valence-corrected chi connectivity index (χ1v) is 4.35. The Hall–Kier alpha value is -1.63. The van der Waals surface area contributed by atoms with Crippen molar-refractivity contribution in [3.05, 3.63) is 0 Å². The molecule has 0 bridgehead atoms. The quantitative estimate of drug-likeness (QED) is 0.481. The molecule has 0 aromatic carbocycles. The first kappa shape index (κ1) is 15.8. The molecule has 15 heavy (non-hydrogen) atoms. The third kappa shape index (κ3) is 8.69. The largest absolute Gasteiger partial charge is 0.330 e. The number of hydrogen-bond donors (Lipinski definition) is 2. The molecule has 0 aliphatic rings. The molecular formula is C9H17N5O. The summed E-state index contributed by atoms with van der Waals surface area (Å²) in [7, 11) is 0. The van der Waals surface area contributed by atoms with Gasteiger partial charge in [0.1, 0.15) is 0 Å². The molecule has 0 atom stereocenters. The van der Waals surface area contributed by atoms with E-state index >= 15 is 0 Å². The van der Waals surface area contributed by atoms with Gasteiger partial charge < -0.3 is 11.5 Å². The van der Waals surface area contributed by atoms with Gasteiger partial charge in [-0.1, -0.05) is 13.8 Å². The Morgan fingerprint density at radius 2 is 1.60 bits per heavy atom. The Morgan fingerprint density at radius 1 is 1.27 bits per heavy atom. The van der Waals surface area contributed by atoms with E-state index in [-0.39, 0.29) is 5.41 Å². The number of amides is 1. The Morgan fingerprint density at radius 3 is 1.60 bits per heavy atom. The van der Waals surface area contributed by atoms with Crippen molar-refractivity contribution >= 4 is 5.91 Å². The first-order chi connectivity index (χ1) is 6.84. The minimum atomic E-state index is -0.560. The van der Waals surface area contributed by atoms with E-state index in [1.54, 1.807) is 0 Å². The van der Waals surface area contributed by atoms with Gasteiger partial charge in [0.05, 0.1) is 0 Å². The first-order valence-electron chi connectivity index (χ1n) is 4.35. The maximum Gasteiger partial charge on any atom is 0.246 e. The molecule has 6 nitrogen and oxygen atoms in total. The van der Waals surface area contributed by atoms with Gasteiger partial charge in [0.25, 0.3) is 0 Å². The van der Waals surface area contributed by atoms with E-state index in [2.05, 4.69) is 0 Å². The Balaban J connectivity index is 0. The smallest absolute Gasteiger partial charge is 0.246 e. The molecule has 0 unspecified atom stereocenters. The van der Waals surface area contributed by atoms with Crippen molar-refractivity contribution in [3.63, 3.8) is 0 Å². The molecule has 4 N–H and O–H groups in total. The highest BCUT2D eigenvalue weighted by Gasteiger charge is 2.10. The molecule has 0 saturated heterocycles. The van der Waals surface area contributed by atoms with E-state index in [4.69, 9.17) is 22.0 Å². The number of carbonyl (C=O) groups is 1. The predicted octanol–water partition coefficient (Wildman–Crippen LogP) is -0.273. The lowest BCUT2D eigenvalue weighted by Gasteiger charge is -2.18. The number of nitrogens with two attached hydrogens (primary N) is 2. The topological polar surface area (TPSA) is 120 Å². The van der Waals surface area contributed by atoms with Crippen LogP contribution in [0.15, 0.2) is 0 Å². The minimum absolute atomic E-state index is 0.139. The highest BCUT2D eigenvalue weighted by molar-refractivity contribution is 5.76. The number of hydrogen-bond acceptors (Lipinski definition) is 5. The van der Waals surface area contributed by atoms with Crippen LogP contribution in [0.25, 0.3) is 0 Å². The van der Waals surface area contributed by atoms with Crippen LogP contribution in [0, 0.1) is 28.3 Å². The fraction of sp³-hybridized carbons (Fsp3) is 0.667. The van der Waals surface area contributed by atoms with Crippen LogP contribution in [-0.2, 0) is 4.79 Å². The molecule has 0 aromatic heterocycles. The maximum absolute atomic E-state index is 10.1. The van der Waals surface area contributed by atoms with E-state index in [0.717, 1.165) is 6.92 Å². The highest BCUT2D eigenvalue weighted by atomic mass is 16.2. The standard InChI is InChI=1S/C5H14N2.C4H3N3O/c1-5(2,3-6)4-7;1-4(8)7(2-5)3-6/h3-4,6-7H2,1-2H3;1H3.